The molecule has 3 N–H and O–H groups in total. The number of nitrogens with two attached hydrogens (primary N) is 1. The monoisotopic (exact) mass is 256 g/mol. The molecule has 5 heteroatoms. The molecule has 1 heterocycles. The fourth-order valence-electron chi connectivity index (χ4n) is 1.87. The molecular formula is C12H24N4S. The Morgan fingerprint density at radius 1 is 1.24 bits per heavy atom. The minimum atomic E-state index is 0.200. The first-order valence-electron chi connectivity index (χ1n) is 6.34. The lowest BCUT2D eigenvalue weighted by atomic mass is 9.99. The van der Waals surface area contributed by atoms with E-state index in [2.05, 4.69) is 42.7 Å². The molecule has 17 heavy (non-hydrogen) atoms. The maximum absolute atomic E-state index is 5.65. The molecule has 0 aromatic carbocycles. The highest BCUT2D eigenvalue weighted by atomic mass is 32.1. The Labute approximate surface area is 108 Å². The number of aromatic nitrogens is 2. The van der Waals surface area contributed by atoms with Crippen LogP contribution in [0.4, 0.5) is 0 Å². The van der Waals surface area contributed by atoms with Crippen LogP contribution in [-0.2, 0) is 0 Å². The van der Waals surface area contributed by atoms with E-state index in [0.717, 1.165) is 18.0 Å². The minimum absolute atomic E-state index is 0.200. The molecule has 0 spiro atoms. The van der Waals surface area contributed by atoms with E-state index in [9.17, 15) is 0 Å². The largest absolute Gasteiger partial charge is 0.271 e. The average molecular weight is 256 g/mol. The molecule has 1 unspecified atom stereocenters. The molecule has 1 aromatic heterocycles. The van der Waals surface area contributed by atoms with Gasteiger partial charge >= 0.3 is 0 Å². The molecule has 1 atom stereocenters. The normalized spacial score (nSPS) is 13.6. The van der Waals surface area contributed by atoms with Crippen LogP contribution < -0.4 is 11.3 Å². The summed E-state index contributed by atoms with van der Waals surface area (Å²) in [4.78, 5) is 1.20. The van der Waals surface area contributed by atoms with Gasteiger partial charge in [-0.15, -0.1) is 5.10 Å². The molecule has 0 saturated carbocycles. The van der Waals surface area contributed by atoms with Crippen LogP contribution in [0, 0.1) is 5.92 Å². The van der Waals surface area contributed by atoms with Gasteiger partial charge in [-0.05, 0) is 29.8 Å². The van der Waals surface area contributed by atoms with Crippen molar-refractivity contribution in [2.24, 2.45) is 11.8 Å². The predicted molar refractivity (Wildman–Crippen MR) is 72.8 cm³/mol. The first kappa shape index (κ1) is 14.5. The SMILES string of the molecule is CC(C)CCCC(NN)c1snnc1C(C)C. The quantitative estimate of drug-likeness (QED) is 0.581. The van der Waals surface area contributed by atoms with Gasteiger partial charge in [0, 0.05) is 0 Å². The second kappa shape index (κ2) is 7.03. The molecule has 0 amide bonds. The van der Waals surface area contributed by atoms with Crippen molar-refractivity contribution in [1.29, 1.82) is 0 Å². The third kappa shape index (κ3) is 4.33. The lowest BCUT2D eigenvalue weighted by Crippen LogP contribution is -2.28. The molecule has 0 fully saturated rings. The summed E-state index contributed by atoms with van der Waals surface area (Å²) in [6.07, 6.45) is 3.47. The first-order valence-corrected chi connectivity index (χ1v) is 7.11. The van der Waals surface area contributed by atoms with Crippen molar-refractivity contribution in [3.05, 3.63) is 10.6 Å². The van der Waals surface area contributed by atoms with Crippen molar-refractivity contribution in [2.75, 3.05) is 0 Å². The fourth-order valence-corrected chi connectivity index (χ4v) is 2.77. The van der Waals surface area contributed by atoms with E-state index in [-0.39, 0.29) is 6.04 Å². The summed E-state index contributed by atoms with van der Waals surface area (Å²) in [5.74, 6) is 6.81. The molecular weight excluding hydrogens is 232 g/mol. The molecule has 0 saturated heterocycles. The van der Waals surface area contributed by atoms with Crippen LogP contribution in [0.2, 0.25) is 0 Å². The third-order valence-corrected chi connectivity index (χ3v) is 3.73. The summed E-state index contributed by atoms with van der Waals surface area (Å²) in [5.41, 5.74) is 3.99. The highest BCUT2D eigenvalue weighted by Gasteiger charge is 2.19. The molecule has 0 aliphatic heterocycles. The summed E-state index contributed by atoms with van der Waals surface area (Å²) in [5, 5.41) is 4.20. The van der Waals surface area contributed by atoms with E-state index in [1.54, 1.807) is 0 Å². The van der Waals surface area contributed by atoms with Crippen LogP contribution in [0.15, 0.2) is 0 Å². The first-order chi connectivity index (χ1) is 8.06. The molecule has 0 radical (unpaired) electrons. The molecule has 98 valence electrons. The van der Waals surface area contributed by atoms with Crippen LogP contribution in [0.25, 0.3) is 0 Å². The number of rotatable bonds is 7. The molecule has 1 aromatic rings. The standard InChI is InChI=1S/C12H24N4S/c1-8(2)6-5-7-10(14-13)12-11(9(3)4)15-16-17-12/h8-10,14H,5-7,13H2,1-4H3. The van der Waals surface area contributed by atoms with Crippen LogP contribution >= 0.6 is 11.5 Å². The molecule has 0 bridgehead atoms. The third-order valence-electron chi connectivity index (χ3n) is 2.88. The Balaban J connectivity index is 2.62. The lowest BCUT2D eigenvalue weighted by Gasteiger charge is -2.16. The maximum atomic E-state index is 5.65. The molecule has 0 aliphatic rings. The van der Waals surface area contributed by atoms with E-state index in [4.69, 9.17) is 5.84 Å². The van der Waals surface area contributed by atoms with Gasteiger partial charge < -0.3 is 0 Å². The van der Waals surface area contributed by atoms with Crippen molar-refractivity contribution in [2.45, 2.75) is 58.9 Å². The molecule has 4 nitrogen and oxygen atoms in total. The highest BCUT2D eigenvalue weighted by Crippen LogP contribution is 2.29. The zero-order valence-electron chi connectivity index (χ0n) is 11.2. The van der Waals surface area contributed by atoms with Gasteiger partial charge in [0.15, 0.2) is 0 Å². The van der Waals surface area contributed by atoms with Crippen molar-refractivity contribution < 1.29 is 0 Å². The van der Waals surface area contributed by atoms with Gasteiger partial charge in [0.25, 0.3) is 0 Å². The Morgan fingerprint density at radius 2 is 1.94 bits per heavy atom. The van der Waals surface area contributed by atoms with E-state index >= 15 is 0 Å². The van der Waals surface area contributed by atoms with Crippen molar-refractivity contribution in [3.8, 4) is 0 Å². The van der Waals surface area contributed by atoms with Gasteiger partial charge in [-0.1, -0.05) is 45.0 Å². The number of nitrogens with one attached hydrogen (secondary N) is 1. The Kier molecular flexibility index (Phi) is 6.02. The lowest BCUT2D eigenvalue weighted by molar-refractivity contribution is 0.456. The number of hydrogen-bond acceptors (Lipinski definition) is 5. The van der Waals surface area contributed by atoms with Crippen molar-refractivity contribution in [3.63, 3.8) is 0 Å². The summed E-state index contributed by atoms with van der Waals surface area (Å²) < 4.78 is 4.05. The smallest absolute Gasteiger partial charge is 0.0829 e. The summed E-state index contributed by atoms with van der Waals surface area (Å²) >= 11 is 1.47. The van der Waals surface area contributed by atoms with Crippen LogP contribution in [0.5, 0.6) is 0 Å². The van der Waals surface area contributed by atoms with Crippen LogP contribution in [-0.4, -0.2) is 9.59 Å². The number of hydrogen-bond donors (Lipinski definition) is 2. The molecule has 0 aliphatic carbocycles. The van der Waals surface area contributed by atoms with Gasteiger partial charge in [-0.2, -0.15) is 0 Å². The van der Waals surface area contributed by atoms with Gasteiger partial charge in [0.2, 0.25) is 0 Å². The molecule has 1 rings (SSSR count). The highest BCUT2D eigenvalue weighted by molar-refractivity contribution is 7.05. The van der Waals surface area contributed by atoms with Crippen LogP contribution in [0.1, 0.15) is 69.5 Å². The predicted octanol–water partition coefficient (Wildman–Crippen LogP) is 2.99. The Hall–Kier alpha value is -0.520. The van der Waals surface area contributed by atoms with Gasteiger partial charge in [-0.25, -0.2) is 0 Å². The van der Waals surface area contributed by atoms with E-state index in [1.165, 1.54) is 29.3 Å². The second-order valence-electron chi connectivity index (χ2n) is 5.22. The van der Waals surface area contributed by atoms with Crippen LogP contribution in [0.3, 0.4) is 0 Å². The Morgan fingerprint density at radius 3 is 2.47 bits per heavy atom. The van der Waals surface area contributed by atoms with Gasteiger partial charge in [0.05, 0.1) is 16.6 Å². The number of hydrazine groups is 1. The van der Waals surface area contributed by atoms with Gasteiger partial charge in [0.1, 0.15) is 0 Å². The maximum Gasteiger partial charge on any atom is 0.0829 e. The van der Waals surface area contributed by atoms with Gasteiger partial charge in [-0.3, -0.25) is 11.3 Å². The average Bonchev–Trinajstić information content (AvgIpc) is 2.72. The number of nitrogens with zero attached hydrogens (tertiary/aromatic N) is 2. The zero-order valence-corrected chi connectivity index (χ0v) is 12.0. The van der Waals surface area contributed by atoms with E-state index < -0.39 is 0 Å². The fraction of sp³-hybridized carbons (Fsp3) is 0.833. The summed E-state index contributed by atoms with van der Waals surface area (Å²) in [6.45, 7) is 8.78. The van der Waals surface area contributed by atoms with E-state index in [0.29, 0.717) is 5.92 Å². The minimum Gasteiger partial charge on any atom is -0.271 e. The Bertz CT molecular complexity index is 322. The van der Waals surface area contributed by atoms with Crippen molar-refractivity contribution >= 4 is 11.5 Å². The zero-order chi connectivity index (χ0) is 12.8. The summed E-state index contributed by atoms with van der Waals surface area (Å²) in [6, 6.07) is 0.200. The second-order valence-corrected chi connectivity index (χ2v) is 6.01. The topological polar surface area (TPSA) is 63.8 Å². The van der Waals surface area contributed by atoms with Crippen molar-refractivity contribution in [1.82, 2.24) is 15.0 Å². The van der Waals surface area contributed by atoms with E-state index in [1.807, 2.05) is 0 Å². The summed E-state index contributed by atoms with van der Waals surface area (Å²) in [7, 11) is 0.